The van der Waals surface area contributed by atoms with E-state index in [4.69, 9.17) is 16.6 Å². The molecule has 2 aliphatic rings. The first-order valence-corrected chi connectivity index (χ1v) is 12.6. The van der Waals surface area contributed by atoms with E-state index >= 15 is 0 Å². The van der Waals surface area contributed by atoms with Crippen LogP contribution in [0.3, 0.4) is 0 Å². The van der Waals surface area contributed by atoms with E-state index in [2.05, 4.69) is 36.9 Å². The lowest BCUT2D eigenvalue weighted by Gasteiger charge is -2.35. The molecule has 1 aliphatic carbocycles. The van der Waals surface area contributed by atoms with Gasteiger partial charge in [-0.3, -0.25) is 14.7 Å². The summed E-state index contributed by atoms with van der Waals surface area (Å²) < 4.78 is 0. The number of benzene rings is 2. The van der Waals surface area contributed by atoms with Crippen molar-refractivity contribution in [3.05, 3.63) is 58.1 Å². The Labute approximate surface area is 197 Å². The van der Waals surface area contributed by atoms with Crippen LogP contribution in [0.15, 0.2) is 41.4 Å². The molecule has 1 saturated carbocycles. The summed E-state index contributed by atoms with van der Waals surface area (Å²) in [5.74, 6) is 1.63. The van der Waals surface area contributed by atoms with Gasteiger partial charge in [-0.15, -0.1) is 0 Å². The number of nitrogens with zero attached hydrogens (tertiary/aromatic N) is 2. The Balaban J connectivity index is 1.94. The van der Waals surface area contributed by atoms with Crippen LogP contribution >= 0.6 is 11.6 Å². The summed E-state index contributed by atoms with van der Waals surface area (Å²) in [6.45, 7) is 4.53. The first-order chi connectivity index (χ1) is 15.6. The van der Waals surface area contributed by atoms with Crippen LogP contribution in [0.5, 0.6) is 0 Å². The van der Waals surface area contributed by atoms with Gasteiger partial charge in [0.25, 0.3) is 0 Å². The van der Waals surface area contributed by atoms with E-state index in [0.29, 0.717) is 16.5 Å². The molecule has 170 valence electrons. The topological polar surface area (TPSA) is 32.7 Å². The average Bonchev–Trinajstić information content (AvgIpc) is 3.07. The largest absolute Gasteiger partial charge is 0.298 e. The van der Waals surface area contributed by atoms with Crippen molar-refractivity contribution in [2.24, 2.45) is 4.99 Å². The predicted octanol–water partition coefficient (Wildman–Crippen LogP) is 8.22. The molecule has 0 bridgehead atoms. The van der Waals surface area contributed by atoms with E-state index in [0.717, 1.165) is 30.7 Å². The van der Waals surface area contributed by atoms with E-state index < -0.39 is 0 Å². The van der Waals surface area contributed by atoms with Gasteiger partial charge in [0, 0.05) is 7.05 Å². The Morgan fingerprint density at radius 3 is 2.41 bits per heavy atom. The average molecular weight is 451 g/mol. The van der Waals surface area contributed by atoms with Gasteiger partial charge in [0.2, 0.25) is 0 Å². The third-order valence-electron chi connectivity index (χ3n) is 7.47. The minimum Gasteiger partial charge on any atom is -0.298 e. The summed E-state index contributed by atoms with van der Waals surface area (Å²) in [4.78, 5) is 19.2. The van der Waals surface area contributed by atoms with Crippen molar-refractivity contribution < 1.29 is 4.79 Å². The van der Waals surface area contributed by atoms with E-state index in [1.807, 2.05) is 19.2 Å². The van der Waals surface area contributed by atoms with E-state index in [9.17, 15) is 4.79 Å². The molecule has 4 heteroatoms. The van der Waals surface area contributed by atoms with Crippen molar-refractivity contribution in [1.82, 2.24) is 0 Å². The Kier molecular flexibility index (Phi) is 7.05. The Morgan fingerprint density at radius 2 is 1.78 bits per heavy atom. The molecule has 1 fully saturated rings. The molecule has 0 atom stereocenters. The molecular formula is C28H35ClN2O. The van der Waals surface area contributed by atoms with Crippen molar-refractivity contribution in [3.8, 4) is 0 Å². The number of rotatable bonds is 7. The maximum absolute atomic E-state index is 12.1. The molecule has 1 heterocycles. The number of hydrogen-bond donors (Lipinski definition) is 0. The number of carbonyl (C=O) groups excluding carboxylic acids is 1. The molecule has 1 aliphatic heterocycles. The number of amidine groups is 1. The van der Waals surface area contributed by atoms with Crippen molar-refractivity contribution in [3.63, 3.8) is 0 Å². The zero-order chi connectivity index (χ0) is 22.7. The molecule has 4 rings (SSSR count). The van der Waals surface area contributed by atoms with Gasteiger partial charge in [-0.05, 0) is 60.9 Å². The van der Waals surface area contributed by atoms with Gasteiger partial charge in [0.1, 0.15) is 5.84 Å². The third kappa shape index (κ3) is 3.79. The van der Waals surface area contributed by atoms with Gasteiger partial charge < -0.3 is 0 Å². The zero-order valence-corrected chi connectivity index (χ0v) is 20.4. The molecule has 32 heavy (non-hydrogen) atoms. The number of fused-ring (bicyclic) bond motifs is 2. The van der Waals surface area contributed by atoms with E-state index in [1.54, 1.807) is 6.07 Å². The standard InChI is InChI=1S/C28H35ClN2O/c1-4-10-20(11-5-2)21-14-15-23-26(18-21)31(25-13-9-12-24(29)22(25)19-32)27(30-3)28(23)16-7-6-8-17-28/h9,12-15,18-20H,4-8,10-11,16-17H2,1-3H3. The van der Waals surface area contributed by atoms with Gasteiger partial charge in [-0.25, -0.2) is 0 Å². The molecule has 0 unspecified atom stereocenters. The molecule has 3 nitrogen and oxygen atoms in total. The summed E-state index contributed by atoms with van der Waals surface area (Å²) in [5, 5.41) is 0.491. The second kappa shape index (κ2) is 9.79. The minimum absolute atomic E-state index is 0.0751. The molecule has 0 N–H and O–H groups in total. The van der Waals surface area contributed by atoms with Crippen molar-refractivity contribution in [2.75, 3.05) is 11.9 Å². The van der Waals surface area contributed by atoms with Crippen LogP contribution in [-0.2, 0) is 5.41 Å². The van der Waals surface area contributed by atoms with Crippen LogP contribution in [0.1, 0.15) is 99.0 Å². The van der Waals surface area contributed by atoms with E-state index in [1.165, 1.54) is 61.8 Å². The molecule has 2 aromatic rings. The fraction of sp³-hybridized carbons (Fsp3) is 0.500. The predicted molar refractivity (Wildman–Crippen MR) is 136 cm³/mol. The van der Waals surface area contributed by atoms with Gasteiger partial charge in [0.15, 0.2) is 6.29 Å². The Hall–Kier alpha value is -2.13. The summed E-state index contributed by atoms with van der Waals surface area (Å²) >= 11 is 6.47. The molecular weight excluding hydrogens is 416 g/mol. The van der Waals surface area contributed by atoms with Crippen LogP contribution in [0.2, 0.25) is 5.02 Å². The highest BCUT2D eigenvalue weighted by Gasteiger charge is 2.49. The number of hydrogen-bond acceptors (Lipinski definition) is 2. The fourth-order valence-electron chi connectivity index (χ4n) is 6.06. The van der Waals surface area contributed by atoms with Gasteiger partial charge in [-0.2, -0.15) is 0 Å². The molecule has 1 spiro atoms. The van der Waals surface area contributed by atoms with E-state index in [-0.39, 0.29) is 5.41 Å². The molecule has 2 aromatic carbocycles. The number of carbonyl (C=O) groups is 1. The van der Waals surface area contributed by atoms with Crippen LogP contribution in [0, 0.1) is 0 Å². The van der Waals surface area contributed by atoms with Crippen LogP contribution in [0.4, 0.5) is 11.4 Å². The maximum Gasteiger partial charge on any atom is 0.153 e. The number of anilines is 2. The molecule has 0 saturated heterocycles. The summed E-state index contributed by atoms with van der Waals surface area (Å²) in [5.41, 5.74) is 5.26. The lowest BCUT2D eigenvalue weighted by molar-refractivity contribution is 0.112. The zero-order valence-electron chi connectivity index (χ0n) is 19.7. The lowest BCUT2D eigenvalue weighted by atomic mass is 9.69. The quantitative estimate of drug-likeness (QED) is 0.398. The smallest absolute Gasteiger partial charge is 0.153 e. The summed E-state index contributed by atoms with van der Waals surface area (Å²) in [7, 11) is 1.90. The highest BCUT2D eigenvalue weighted by molar-refractivity contribution is 6.34. The van der Waals surface area contributed by atoms with Crippen molar-refractivity contribution in [1.29, 1.82) is 0 Å². The van der Waals surface area contributed by atoms with Crippen LogP contribution < -0.4 is 4.90 Å². The van der Waals surface area contributed by atoms with Gasteiger partial charge in [0.05, 0.1) is 27.4 Å². The monoisotopic (exact) mass is 450 g/mol. The SMILES string of the molecule is CCCC(CCC)c1ccc2c(c1)N(c1cccc(Cl)c1C=O)C(=NC)C21CCCCC1. The highest BCUT2D eigenvalue weighted by atomic mass is 35.5. The van der Waals surface area contributed by atoms with Crippen molar-refractivity contribution in [2.45, 2.75) is 83.0 Å². The van der Waals surface area contributed by atoms with Gasteiger partial charge in [-0.1, -0.05) is 75.8 Å². The first-order valence-electron chi connectivity index (χ1n) is 12.3. The summed E-state index contributed by atoms with van der Waals surface area (Å²) in [6, 6.07) is 12.8. The third-order valence-corrected chi connectivity index (χ3v) is 7.80. The van der Waals surface area contributed by atoms with Crippen LogP contribution in [-0.4, -0.2) is 19.2 Å². The maximum atomic E-state index is 12.1. The second-order valence-corrected chi connectivity index (χ2v) is 9.77. The molecule has 0 amide bonds. The second-order valence-electron chi connectivity index (χ2n) is 9.37. The Morgan fingerprint density at radius 1 is 1.06 bits per heavy atom. The fourth-order valence-corrected chi connectivity index (χ4v) is 6.27. The lowest BCUT2D eigenvalue weighted by Crippen LogP contribution is -2.40. The number of aliphatic imine (C=N–C) groups is 1. The summed E-state index contributed by atoms with van der Waals surface area (Å²) in [6.07, 6.45) is 11.5. The molecule has 0 radical (unpaired) electrons. The Bertz CT molecular complexity index is 1000. The van der Waals surface area contributed by atoms with Gasteiger partial charge >= 0.3 is 0 Å². The normalized spacial score (nSPS) is 18.5. The van der Waals surface area contributed by atoms with Crippen LogP contribution in [0.25, 0.3) is 0 Å². The number of halogens is 1. The number of aldehydes is 1. The first kappa shape index (κ1) is 23.0. The highest BCUT2D eigenvalue weighted by Crippen LogP contribution is 2.54. The van der Waals surface area contributed by atoms with Crippen molar-refractivity contribution >= 4 is 35.1 Å². The molecule has 0 aromatic heterocycles. The minimum atomic E-state index is -0.0751.